The normalized spacial score (nSPS) is 20.7. The molecule has 1 aliphatic heterocycles. The van der Waals surface area contributed by atoms with E-state index in [1.807, 2.05) is 18.2 Å². The van der Waals surface area contributed by atoms with Gasteiger partial charge in [0.15, 0.2) is 11.5 Å². The number of benzene rings is 1. The van der Waals surface area contributed by atoms with Crippen LogP contribution in [-0.2, 0) is 6.61 Å². The second-order valence-corrected chi connectivity index (χ2v) is 4.75. The molecule has 1 aromatic carbocycles. The van der Waals surface area contributed by atoms with E-state index in [4.69, 9.17) is 9.47 Å². The highest BCUT2D eigenvalue weighted by Crippen LogP contribution is 2.33. The van der Waals surface area contributed by atoms with E-state index in [9.17, 15) is 5.11 Å². The number of ether oxygens (including phenoxy) is 2. The Labute approximate surface area is 108 Å². The molecule has 1 N–H and O–H groups in total. The molecule has 1 atom stereocenters. The molecule has 0 spiro atoms. The second kappa shape index (κ2) is 6.07. The number of rotatable bonds is 4. The average molecular weight is 251 g/mol. The molecule has 0 aromatic heterocycles. The maximum absolute atomic E-state index is 9.37. The highest BCUT2D eigenvalue weighted by atomic mass is 16.5. The van der Waals surface area contributed by atoms with Gasteiger partial charge in [0.05, 0.1) is 13.7 Å². The van der Waals surface area contributed by atoms with Gasteiger partial charge in [0, 0.05) is 12.1 Å². The van der Waals surface area contributed by atoms with Crippen molar-refractivity contribution in [3.63, 3.8) is 0 Å². The van der Waals surface area contributed by atoms with Crippen molar-refractivity contribution < 1.29 is 14.6 Å². The topological polar surface area (TPSA) is 41.9 Å². The average Bonchev–Trinajstić information content (AvgIpc) is 2.39. The molecule has 0 radical (unpaired) electrons. The number of piperidine rings is 1. The van der Waals surface area contributed by atoms with Gasteiger partial charge in [-0.05, 0) is 32.5 Å². The number of aliphatic hydroxyl groups excluding tert-OH is 1. The van der Waals surface area contributed by atoms with Gasteiger partial charge in [-0.1, -0.05) is 12.1 Å². The van der Waals surface area contributed by atoms with Crippen molar-refractivity contribution in [1.29, 1.82) is 0 Å². The van der Waals surface area contributed by atoms with Crippen LogP contribution in [0.4, 0.5) is 0 Å². The molecule has 0 aliphatic carbocycles. The second-order valence-electron chi connectivity index (χ2n) is 4.75. The molecule has 0 amide bonds. The predicted molar refractivity (Wildman–Crippen MR) is 70.1 cm³/mol. The summed E-state index contributed by atoms with van der Waals surface area (Å²) in [6.45, 7) is 2.01. The van der Waals surface area contributed by atoms with Gasteiger partial charge in [-0.3, -0.25) is 0 Å². The van der Waals surface area contributed by atoms with Crippen LogP contribution in [0.15, 0.2) is 18.2 Å². The Balaban J connectivity index is 2.16. The Morgan fingerprint density at radius 1 is 1.44 bits per heavy atom. The van der Waals surface area contributed by atoms with Crippen LogP contribution in [0.3, 0.4) is 0 Å². The molecule has 0 saturated carbocycles. The van der Waals surface area contributed by atoms with Gasteiger partial charge in [-0.2, -0.15) is 0 Å². The van der Waals surface area contributed by atoms with Crippen molar-refractivity contribution in [3.8, 4) is 11.5 Å². The van der Waals surface area contributed by atoms with Crippen molar-refractivity contribution in [3.05, 3.63) is 23.8 Å². The summed E-state index contributed by atoms with van der Waals surface area (Å²) < 4.78 is 11.3. The third kappa shape index (κ3) is 2.94. The van der Waals surface area contributed by atoms with E-state index in [1.165, 1.54) is 0 Å². The van der Waals surface area contributed by atoms with E-state index in [2.05, 4.69) is 11.9 Å². The lowest BCUT2D eigenvalue weighted by Crippen LogP contribution is -2.38. The van der Waals surface area contributed by atoms with Crippen molar-refractivity contribution >= 4 is 0 Å². The van der Waals surface area contributed by atoms with E-state index in [1.54, 1.807) is 7.11 Å². The molecule has 4 nitrogen and oxygen atoms in total. The van der Waals surface area contributed by atoms with Crippen LogP contribution < -0.4 is 9.47 Å². The quantitative estimate of drug-likeness (QED) is 0.883. The Bertz CT molecular complexity index is 372. The molecule has 1 unspecified atom stereocenters. The molecule has 0 bridgehead atoms. The largest absolute Gasteiger partial charge is 0.493 e. The Kier molecular flexibility index (Phi) is 4.44. The zero-order valence-electron chi connectivity index (χ0n) is 11.1. The van der Waals surface area contributed by atoms with Gasteiger partial charge in [0.25, 0.3) is 0 Å². The predicted octanol–water partition coefficient (Wildman–Crippen LogP) is 1.66. The maximum atomic E-state index is 9.37. The zero-order valence-corrected chi connectivity index (χ0v) is 11.1. The number of para-hydroxylation sites is 1. The lowest BCUT2D eigenvalue weighted by Gasteiger charge is -2.30. The summed E-state index contributed by atoms with van der Waals surface area (Å²) in [6.07, 6.45) is 2.36. The number of likely N-dealkylation sites (N-methyl/N-ethyl adjacent to an activating group) is 1. The number of likely N-dealkylation sites (tertiary alicyclic amines) is 1. The fraction of sp³-hybridized carbons (Fsp3) is 0.571. The zero-order chi connectivity index (χ0) is 13.0. The smallest absolute Gasteiger partial charge is 0.167 e. The highest BCUT2D eigenvalue weighted by molar-refractivity contribution is 5.46. The summed E-state index contributed by atoms with van der Waals surface area (Å²) in [5.41, 5.74) is 0.780. The number of hydrogen-bond acceptors (Lipinski definition) is 4. The minimum Gasteiger partial charge on any atom is -0.493 e. The van der Waals surface area contributed by atoms with Crippen molar-refractivity contribution in [1.82, 2.24) is 4.90 Å². The van der Waals surface area contributed by atoms with E-state index >= 15 is 0 Å². The van der Waals surface area contributed by atoms with Gasteiger partial charge in [-0.25, -0.2) is 0 Å². The standard InChI is InChI=1S/C14H21NO3/c1-15-8-4-6-12(9-15)18-14-11(10-16)5-3-7-13(14)17-2/h3,5,7,12,16H,4,6,8-10H2,1-2H3. The number of hydrogen-bond donors (Lipinski definition) is 1. The fourth-order valence-electron chi connectivity index (χ4n) is 2.36. The SMILES string of the molecule is COc1cccc(CO)c1OC1CCCN(C)C1. The van der Waals surface area contributed by atoms with E-state index in [0.29, 0.717) is 11.5 Å². The van der Waals surface area contributed by atoms with Crippen LogP contribution in [0.2, 0.25) is 0 Å². The maximum Gasteiger partial charge on any atom is 0.167 e. The molecular weight excluding hydrogens is 230 g/mol. The van der Waals surface area contributed by atoms with Gasteiger partial charge in [0.2, 0.25) is 0 Å². The Morgan fingerprint density at radius 3 is 2.94 bits per heavy atom. The first kappa shape index (κ1) is 13.2. The van der Waals surface area contributed by atoms with Crippen LogP contribution in [-0.4, -0.2) is 43.4 Å². The third-order valence-electron chi connectivity index (χ3n) is 3.32. The van der Waals surface area contributed by atoms with Gasteiger partial charge in [0.1, 0.15) is 6.10 Å². The molecule has 1 aromatic rings. The molecule has 2 rings (SSSR count). The van der Waals surface area contributed by atoms with E-state index < -0.39 is 0 Å². The minimum absolute atomic E-state index is 0.0326. The summed E-state index contributed by atoms with van der Waals surface area (Å²) in [4.78, 5) is 2.27. The summed E-state index contributed by atoms with van der Waals surface area (Å²) in [5.74, 6) is 1.37. The number of aliphatic hydroxyl groups is 1. The van der Waals surface area contributed by atoms with Crippen LogP contribution in [0, 0.1) is 0 Å². The van der Waals surface area contributed by atoms with E-state index in [-0.39, 0.29) is 12.7 Å². The number of methoxy groups -OCH3 is 1. The van der Waals surface area contributed by atoms with Crippen molar-refractivity contribution in [2.24, 2.45) is 0 Å². The lowest BCUT2D eigenvalue weighted by molar-refractivity contribution is 0.0986. The first-order valence-electron chi connectivity index (χ1n) is 6.36. The van der Waals surface area contributed by atoms with Crippen LogP contribution in [0.25, 0.3) is 0 Å². The van der Waals surface area contributed by atoms with Crippen LogP contribution in [0.5, 0.6) is 11.5 Å². The molecule has 1 aliphatic rings. The molecule has 100 valence electrons. The number of nitrogens with zero attached hydrogens (tertiary/aromatic N) is 1. The summed E-state index contributed by atoms with van der Waals surface area (Å²) in [7, 11) is 3.72. The minimum atomic E-state index is -0.0326. The fourth-order valence-corrected chi connectivity index (χ4v) is 2.36. The van der Waals surface area contributed by atoms with Crippen LogP contribution in [0.1, 0.15) is 18.4 Å². The summed E-state index contributed by atoms with van der Waals surface area (Å²) in [5, 5.41) is 9.37. The van der Waals surface area contributed by atoms with E-state index in [0.717, 1.165) is 31.5 Å². The molecule has 1 heterocycles. The summed E-state index contributed by atoms with van der Waals surface area (Å²) in [6, 6.07) is 5.59. The molecule has 4 heteroatoms. The molecule has 18 heavy (non-hydrogen) atoms. The lowest BCUT2D eigenvalue weighted by atomic mass is 10.1. The monoisotopic (exact) mass is 251 g/mol. The summed E-state index contributed by atoms with van der Waals surface area (Å²) >= 11 is 0. The van der Waals surface area contributed by atoms with Gasteiger partial charge >= 0.3 is 0 Å². The molecule has 1 saturated heterocycles. The highest BCUT2D eigenvalue weighted by Gasteiger charge is 2.21. The Hall–Kier alpha value is -1.26. The van der Waals surface area contributed by atoms with Crippen LogP contribution >= 0.6 is 0 Å². The Morgan fingerprint density at radius 2 is 2.28 bits per heavy atom. The van der Waals surface area contributed by atoms with Crippen molar-refractivity contribution in [2.75, 3.05) is 27.2 Å². The molecular formula is C14H21NO3. The van der Waals surface area contributed by atoms with Crippen molar-refractivity contribution in [2.45, 2.75) is 25.6 Å². The van der Waals surface area contributed by atoms with Gasteiger partial charge < -0.3 is 19.5 Å². The first-order valence-corrected chi connectivity index (χ1v) is 6.36. The van der Waals surface area contributed by atoms with Gasteiger partial charge in [-0.15, -0.1) is 0 Å². The first-order chi connectivity index (χ1) is 8.74. The molecule has 1 fully saturated rings. The third-order valence-corrected chi connectivity index (χ3v) is 3.32.